The zero-order valence-electron chi connectivity index (χ0n) is 8.36. The molecule has 74 valence electrons. The molecule has 1 rings (SSSR count). The van der Waals surface area contributed by atoms with Crippen LogP contribution in [0.2, 0.25) is 0 Å². The minimum atomic E-state index is 0.0105. The summed E-state index contributed by atoms with van der Waals surface area (Å²) < 4.78 is 5.22. The third-order valence-corrected chi connectivity index (χ3v) is 2.05. The fourth-order valence-corrected chi connectivity index (χ4v) is 1.38. The van der Waals surface area contributed by atoms with Crippen LogP contribution in [-0.4, -0.2) is 13.2 Å². The highest BCUT2D eigenvalue weighted by Gasteiger charge is 2.06. The molecule has 1 atom stereocenters. The van der Waals surface area contributed by atoms with Crippen LogP contribution in [0, 0.1) is 12.3 Å². The number of benzene rings is 1. The maximum absolute atomic E-state index is 5.84. The van der Waals surface area contributed by atoms with Crippen LogP contribution in [0.5, 0.6) is 5.75 Å². The van der Waals surface area contributed by atoms with Gasteiger partial charge in [0.15, 0.2) is 0 Å². The van der Waals surface area contributed by atoms with Gasteiger partial charge >= 0.3 is 0 Å². The molecule has 1 aromatic carbocycles. The Bertz CT molecular complexity index is 327. The fourth-order valence-electron chi connectivity index (χ4n) is 1.38. The lowest BCUT2D eigenvalue weighted by Gasteiger charge is -2.11. The molecule has 0 heterocycles. The first-order chi connectivity index (χ1) is 6.77. The van der Waals surface area contributed by atoms with E-state index in [9.17, 15) is 0 Å². The SMILES string of the molecule is C#CCC(N)Cc1ccccc1OC. The average molecular weight is 189 g/mol. The summed E-state index contributed by atoms with van der Waals surface area (Å²) in [6.07, 6.45) is 6.55. The standard InChI is InChI=1S/C12H15NO/c1-3-6-11(13)9-10-7-4-5-8-12(10)14-2/h1,4-5,7-8,11H,6,9,13H2,2H3. The first kappa shape index (κ1) is 10.6. The Balaban J connectivity index is 2.71. The van der Waals surface area contributed by atoms with Gasteiger partial charge in [0.1, 0.15) is 5.75 Å². The second kappa shape index (κ2) is 5.31. The molecule has 0 saturated carbocycles. The van der Waals surface area contributed by atoms with Crippen molar-refractivity contribution in [3.05, 3.63) is 29.8 Å². The van der Waals surface area contributed by atoms with E-state index in [1.165, 1.54) is 0 Å². The number of rotatable bonds is 4. The van der Waals surface area contributed by atoms with Crippen LogP contribution in [-0.2, 0) is 6.42 Å². The van der Waals surface area contributed by atoms with Gasteiger partial charge in [-0.3, -0.25) is 0 Å². The van der Waals surface area contributed by atoms with E-state index in [0.717, 1.165) is 17.7 Å². The highest BCUT2D eigenvalue weighted by atomic mass is 16.5. The molecule has 0 saturated heterocycles. The van der Waals surface area contributed by atoms with Crippen LogP contribution in [0.1, 0.15) is 12.0 Å². The van der Waals surface area contributed by atoms with Crippen molar-refractivity contribution in [3.8, 4) is 18.1 Å². The summed E-state index contributed by atoms with van der Waals surface area (Å²) in [4.78, 5) is 0. The van der Waals surface area contributed by atoms with Crippen molar-refractivity contribution >= 4 is 0 Å². The van der Waals surface area contributed by atoms with Crippen LogP contribution in [0.3, 0.4) is 0 Å². The summed E-state index contributed by atoms with van der Waals surface area (Å²) in [7, 11) is 1.66. The Labute approximate surface area is 85.1 Å². The largest absolute Gasteiger partial charge is 0.496 e. The Hall–Kier alpha value is -1.46. The molecule has 14 heavy (non-hydrogen) atoms. The summed E-state index contributed by atoms with van der Waals surface area (Å²) in [5.41, 5.74) is 6.95. The maximum Gasteiger partial charge on any atom is 0.122 e. The zero-order chi connectivity index (χ0) is 10.4. The molecule has 2 nitrogen and oxygen atoms in total. The van der Waals surface area contributed by atoms with Crippen molar-refractivity contribution in [2.45, 2.75) is 18.9 Å². The number of hydrogen-bond acceptors (Lipinski definition) is 2. The van der Waals surface area contributed by atoms with Gasteiger partial charge in [0.2, 0.25) is 0 Å². The van der Waals surface area contributed by atoms with E-state index in [1.54, 1.807) is 7.11 Å². The first-order valence-electron chi connectivity index (χ1n) is 4.59. The van der Waals surface area contributed by atoms with Gasteiger partial charge in [-0.15, -0.1) is 12.3 Å². The molecule has 0 fully saturated rings. The molecule has 1 aromatic rings. The van der Waals surface area contributed by atoms with Gasteiger partial charge in [0.25, 0.3) is 0 Å². The Morgan fingerprint density at radius 3 is 2.86 bits per heavy atom. The van der Waals surface area contributed by atoms with Gasteiger partial charge in [0, 0.05) is 12.5 Å². The second-order valence-corrected chi connectivity index (χ2v) is 3.18. The lowest BCUT2D eigenvalue weighted by atomic mass is 10.0. The van der Waals surface area contributed by atoms with Crippen molar-refractivity contribution in [2.24, 2.45) is 5.73 Å². The van der Waals surface area contributed by atoms with Crippen LogP contribution >= 0.6 is 0 Å². The average Bonchev–Trinajstić information content (AvgIpc) is 2.19. The van der Waals surface area contributed by atoms with Gasteiger partial charge in [-0.1, -0.05) is 18.2 Å². The van der Waals surface area contributed by atoms with Crippen molar-refractivity contribution in [1.29, 1.82) is 0 Å². The number of ether oxygens (including phenoxy) is 1. The molecule has 0 spiro atoms. The number of methoxy groups -OCH3 is 1. The quantitative estimate of drug-likeness (QED) is 0.730. The van der Waals surface area contributed by atoms with Crippen LogP contribution in [0.25, 0.3) is 0 Å². The van der Waals surface area contributed by atoms with E-state index >= 15 is 0 Å². The van der Waals surface area contributed by atoms with E-state index < -0.39 is 0 Å². The van der Waals surface area contributed by atoms with Crippen LogP contribution in [0.4, 0.5) is 0 Å². The second-order valence-electron chi connectivity index (χ2n) is 3.18. The third kappa shape index (κ3) is 2.79. The molecule has 2 heteroatoms. The van der Waals surface area contributed by atoms with Crippen LogP contribution in [0.15, 0.2) is 24.3 Å². The first-order valence-corrected chi connectivity index (χ1v) is 4.59. The molecular weight excluding hydrogens is 174 g/mol. The Morgan fingerprint density at radius 1 is 1.50 bits per heavy atom. The summed E-state index contributed by atoms with van der Waals surface area (Å²) in [6, 6.07) is 7.86. The van der Waals surface area contributed by atoms with Crippen molar-refractivity contribution in [1.82, 2.24) is 0 Å². The third-order valence-electron chi connectivity index (χ3n) is 2.05. The van der Waals surface area contributed by atoms with Crippen LogP contribution < -0.4 is 10.5 Å². The van der Waals surface area contributed by atoms with Gasteiger partial charge < -0.3 is 10.5 Å². The maximum atomic E-state index is 5.84. The molecular formula is C12H15NO. The smallest absolute Gasteiger partial charge is 0.122 e. The monoisotopic (exact) mass is 189 g/mol. The molecule has 0 radical (unpaired) electrons. The summed E-state index contributed by atoms with van der Waals surface area (Å²) in [5.74, 6) is 3.43. The molecule has 0 aliphatic carbocycles. The van der Waals surface area contributed by atoms with Gasteiger partial charge in [-0.05, 0) is 18.1 Å². The predicted octanol–water partition coefficient (Wildman–Crippen LogP) is 1.59. The number of nitrogens with two attached hydrogens (primary N) is 1. The van der Waals surface area contributed by atoms with Gasteiger partial charge in [0.05, 0.1) is 7.11 Å². The molecule has 0 aliphatic rings. The minimum absolute atomic E-state index is 0.0105. The molecule has 0 aliphatic heterocycles. The van der Waals surface area contributed by atoms with Gasteiger partial charge in [-0.2, -0.15) is 0 Å². The van der Waals surface area contributed by atoms with E-state index in [-0.39, 0.29) is 6.04 Å². The Morgan fingerprint density at radius 2 is 2.21 bits per heavy atom. The summed E-state index contributed by atoms with van der Waals surface area (Å²) in [6.45, 7) is 0. The molecule has 0 aromatic heterocycles. The van der Waals surface area contributed by atoms with Crippen molar-refractivity contribution in [2.75, 3.05) is 7.11 Å². The van der Waals surface area contributed by atoms with Gasteiger partial charge in [-0.25, -0.2) is 0 Å². The van der Waals surface area contributed by atoms with E-state index in [4.69, 9.17) is 16.9 Å². The topological polar surface area (TPSA) is 35.2 Å². The molecule has 2 N–H and O–H groups in total. The normalized spacial score (nSPS) is 11.8. The summed E-state index contributed by atoms with van der Waals surface area (Å²) >= 11 is 0. The number of terminal acetylenes is 1. The van der Waals surface area contributed by atoms with E-state index in [1.807, 2.05) is 24.3 Å². The minimum Gasteiger partial charge on any atom is -0.496 e. The molecule has 0 bridgehead atoms. The lowest BCUT2D eigenvalue weighted by molar-refractivity contribution is 0.408. The summed E-state index contributed by atoms with van der Waals surface area (Å²) in [5, 5.41) is 0. The highest BCUT2D eigenvalue weighted by molar-refractivity contribution is 5.33. The van der Waals surface area contributed by atoms with Crippen molar-refractivity contribution < 1.29 is 4.74 Å². The number of hydrogen-bond donors (Lipinski definition) is 1. The van der Waals surface area contributed by atoms with E-state index in [2.05, 4.69) is 5.92 Å². The Kier molecular flexibility index (Phi) is 4.03. The molecule has 0 amide bonds. The fraction of sp³-hybridized carbons (Fsp3) is 0.333. The number of para-hydroxylation sites is 1. The predicted molar refractivity (Wildman–Crippen MR) is 58.1 cm³/mol. The van der Waals surface area contributed by atoms with E-state index in [0.29, 0.717) is 6.42 Å². The highest BCUT2D eigenvalue weighted by Crippen LogP contribution is 2.18. The lowest BCUT2D eigenvalue weighted by Crippen LogP contribution is -2.22. The molecule has 1 unspecified atom stereocenters. The zero-order valence-corrected chi connectivity index (χ0v) is 8.36. The van der Waals surface area contributed by atoms with Crippen molar-refractivity contribution in [3.63, 3.8) is 0 Å².